The third-order valence-corrected chi connectivity index (χ3v) is 7.80. The van der Waals surface area contributed by atoms with E-state index in [1.165, 1.54) is 39.5 Å². The van der Waals surface area contributed by atoms with Crippen LogP contribution in [0.2, 0.25) is 0 Å². The van der Waals surface area contributed by atoms with E-state index < -0.39 is 17.7 Å². The van der Waals surface area contributed by atoms with Crippen LogP contribution in [-0.4, -0.2) is 69.6 Å². The fraction of sp³-hybridized carbons (Fsp3) is 0.0833. The third kappa shape index (κ3) is 7.15. The Labute approximate surface area is 304 Å². The van der Waals surface area contributed by atoms with Crippen LogP contribution in [0.5, 0.6) is 17.2 Å². The number of aromatic nitrogens is 6. The van der Waals surface area contributed by atoms with Crippen molar-refractivity contribution >= 4 is 35.8 Å². The smallest absolute Gasteiger partial charge is 0.334 e. The number of nitrogens with two attached hydrogens (primary N) is 1. The molecule has 0 aliphatic rings. The molecule has 7 aromatic rings. The number of hydrogen-bond donors (Lipinski definition) is 2. The maximum absolute atomic E-state index is 14.4. The van der Waals surface area contributed by atoms with Gasteiger partial charge in [0.05, 0.1) is 21.3 Å². The largest absolute Gasteiger partial charge is 0.497 e. The molecule has 270 valence electrons. The summed E-state index contributed by atoms with van der Waals surface area (Å²) in [6.45, 7) is 0. The van der Waals surface area contributed by atoms with Crippen LogP contribution in [0.4, 0.5) is 18.0 Å². The number of ether oxygens (including phenoxy) is 3. The first-order valence-electron chi connectivity index (χ1n) is 15.8. The Morgan fingerprint density at radius 2 is 0.963 bits per heavy atom. The molecule has 7 rings (SSSR count). The van der Waals surface area contributed by atoms with Gasteiger partial charge in [-0.2, -0.15) is 4.90 Å². The van der Waals surface area contributed by atoms with Crippen molar-refractivity contribution in [2.75, 3.05) is 31.5 Å². The van der Waals surface area contributed by atoms with Crippen molar-refractivity contribution in [2.45, 2.75) is 0 Å². The zero-order valence-corrected chi connectivity index (χ0v) is 28.5. The molecular weight excluding hydrogens is 702 g/mol. The van der Waals surface area contributed by atoms with Gasteiger partial charge in [0.25, 0.3) is 11.8 Å². The molecule has 4 aromatic carbocycles. The molecule has 0 aliphatic carbocycles. The number of anilines is 3. The molecule has 18 heteroatoms. The summed E-state index contributed by atoms with van der Waals surface area (Å²) in [5, 5.41) is 26.7. The summed E-state index contributed by atoms with van der Waals surface area (Å²) in [4.78, 5) is 41.2. The number of carbonyl (C=O) groups is 3. The molecule has 0 unspecified atom stereocenters. The van der Waals surface area contributed by atoms with Crippen LogP contribution in [0.25, 0.3) is 34.4 Å². The highest BCUT2D eigenvalue weighted by Crippen LogP contribution is 2.32. The van der Waals surface area contributed by atoms with Gasteiger partial charge in [0.15, 0.2) is 0 Å². The molecule has 0 saturated heterocycles. The zero-order valence-electron chi connectivity index (χ0n) is 28.5. The first-order valence-corrected chi connectivity index (χ1v) is 15.8. The van der Waals surface area contributed by atoms with Gasteiger partial charge in [-0.05, 0) is 91.0 Å². The molecule has 18 nitrogen and oxygen atoms in total. The molecule has 0 aliphatic heterocycles. The van der Waals surface area contributed by atoms with Gasteiger partial charge < -0.3 is 33.2 Å². The molecule has 0 radical (unpaired) electrons. The van der Waals surface area contributed by atoms with Gasteiger partial charge in [0.1, 0.15) is 17.2 Å². The summed E-state index contributed by atoms with van der Waals surface area (Å²) < 4.78 is 33.1. The number of nitrogens with one attached hydrogen (secondary N) is 1. The maximum atomic E-state index is 14.4. The lowest BCUT2D eigenvalue weighted by molar-refractivity contribution is 0.0990. The molecule has 3 amide bonds. The third-order valence-electron chi connectivity index (χ3n) is 7.80. The standard InChI is InChI=1S/C36H27N9O9/c1-49-25-10-4-19(5-11-25)30-39-42-34(52-30)38-29(47)23-16-22(28(37)46)17-24(18-23)33(48)45(35-43-40-31(53-35)20-6-12-26(50-2)13-7-20)36-44-41-32(54-36)21-8-14-27(51-3)15-9-21/h4-18H,1-3H3,(H2,37,46)(H,38,42,47). The van der Waals surface area contributed by atoms with Crippen LogP contribution < -0.4 is 30.2 Å². The van der Waals surface area contributed by atoms with E-state index in [0.717, 1.165) is 4.90 Å². The van der Waals surface area contributed by atoms with Gasteiger partial charge in [0.2, 0.25) is 23.6 Å². The van der Waals surface area contributed by atoms with Gasteiger partial charge in [-0.1, -0.05) is 15.3 Å². The highest BCUT2D eigenvalue weighted by Gasteiger charge is 2.32. The van der Waals surface area contributed by atoms with Crippen LogP contribution in [0, 0.1) is 0 Å². The number of hydrogen-bond acceptors (Lipinski definition) is 15. The first-order chi connectivity index (χ1) is 26.2. The van der Waals surface area contributed by atoms with E-state index in [-0.39, 0.29) is 52.4 Å². The number of rotatable bonds is 12. The predicted octanol–water partition coefficient (Wildman–Crippen LogP) is 5.19. The van der Waals surface area contributed by atoms with E-state index in [2.05, 4.69) is 35.9 Å². The second-order valence-electron chi connectivity index (χ2n) is 11.1. The van der Waals surface area contributed by atoms with E-state index in [0.29, 0.717) is 33.9 Å². The summed E-state index contributed by atoms with van der Waals surface area (Å²) >= 11 is 0. The summed E-state index contributed by atoms with van der Waals surface area (Å²) in [5.74, 6) is -0.615. The minimum Gasteiger partial charge on any atom is -0.497 e. The quantitative estimate of drug-likeness (QED) is 0.164. The fourth-order valence-corrected chi connectivity index (χ4v) is 5.01. The Kier molecular flexibility index (Phi) is 9.45. The molecule has 0 saturated carbocycles. The topological polar surface area (TPSA) is 237 Å². The van der Waals surface area contributed by atoms with Crippen LogP contribution in [-0.2, 0) is 0 Å². The van der Waals surface area contributed by atoms with Crippen LogP contribution in [0.3, 0.4) is 0 Å². The minimum absolute atomic E-state index is 0.0415. The van der Waals surface area contributed by atoms with Crippen LogP contribution >= 0.6 is 0 Å². The Bertz CT molecular complexity index is 2370. The number of amides is 3. The molecule has 0 spiro atoms. The normalized spacial score (nSPS) is 10.8. The second-order valence-corrected chi connectivity index (χ2v) is 11.1. The van der Waals surface area contributed by atoms with Crippen molar-refractivity contribution < 1.29 is 41.8 Å². The van der Waals surface area contributed by atoms with E-state index in [4.69, 9.17) is 33.2 Å². The second kappa shape index (κ2) is 14.8. The average Bonchev–Trinajstić information content (AvgIpc) is 4.01. The fourth-order valence-electron chi connectivity index (χ4n) is 5.01. The molecule has 3 heterocycles. The lowest BCUT2D eigenvalue weighted by Crippen LogP contribution is -2.28. The van der Waals surface area contributed by atoms with Crippen molar-refractivity contribution in [3.8, 4) is 51.6 Å². The number of benzene rings is 4. The van der Waals surface area contributed by atoms with E-state index in [1.807, 2.05) is 0 Å². The van der Waals surface area contributed by atoms with Crippen molar-refractivity contribution in [3.63, 3.8) is 0 Å². The van der Waals surface area contributed by atoms with Crippen LogP contribution in [0.15, 0.2) is 104 Å². The molecular formula is C36H27N9O9. The number of nitrogens with zero attached hydrogens (tertiary/aromatic N) is 7. The Balaban J connectivity index is 1.23. The SMILES string of the molecule is COc1ccc(-c2nnc(NC(=O)c3cc(C(N)=O)cc(C(=O)N(c4nnc(-c5ccc(OC)cc5)o4)c4nnc(-c5ccc(OC)cc5)o4)c3)o2)cc1. The summed E-state index contributed by atoms with van der Waals surface area (Å²) in [7, 11) is 4.59. The lowest BCUT2D eigenvalue weighted by Gasteiger charge is -2.15. The van der Waals surface area contributed by atoms with Crippen molar-refractivity contribution in [1.29, 1.82) is 0 Å². The van der Waals surface area contributed by atoms with Gasteiger partial charge >= 0.3 is 18.0 Å². The van der Waals surface area contributed by atoms with Gasteiger partial charge in [-0.3, -0.25) is 19.7 Å². The first kappa shape index (κ1) is 34.6. The van der Waals surface area contributed by atoms with Crippen LogP contribution in [0.1, 0.15) is 31.1 Å². The number of primary amides is 1. The van der Waals surface area contributed by atoms with Gasteiger partial charge in [-0.25, -0.2) is 0 Å². The molecule has 0 bridgehead atoms. The Morgan fingerprint density at radius 1 is 0.556 bits per heavy atom. The van der Waals surface area contributed by atoms with E-state index >= 15 is 0 Å². The Morgan fingerprint density at radius 3 is 1.41 bits per heavy atom. The molecule has 0 atom stereocenters. The molecule has 3 aromatic heterocycles. The molecule has 54 heavy (non-hydrogen) atoms. The Hall–Kier alpha value is -7.89. The highest BCUT2D eigenvalue weighted by atomic mass is 16.5. The predicted molar refractivity (Wildman–Crippen MR) is 188 cm³/mol. The lowest BCUT2D eigenvalue weighted by atomic mass is 10.0. The average molecular weight is 730 g/mol. The van der Waals surface area contributed by atoms with Gasteiger partial charge in [-0.15, -0.1) is 15.3 Å². The summed E-state index contributed by atoms with van der Waals surface area (Å²) in [6.07, 6.45) is 0. The maximum Gasteiger partial charge on any atom is 0.334 e. The zero-order chi connectivity index (χ0) is 37.8. The van der Waals surface area contributed by atoms with E-state index in [1.54, 1.807) is 72.8 Å². The van der Waals surface area contributed by atoms with Gasteiger partial charge in [0, 0.05) is 33.4 Å². The van der Waals surface area contributed by atoms with Crippen molar-refractivity contribution in [3.05, 3.63) is 108 Å². The number of methoxy groups -OCH3 is 3. The van der Waals surface area contributed by atoms with E-state index in [9.17, 15) is 14.4 Å². The monoisotopic (exact) mass is 729 g/mol. The number of carbonyl (C=O) groups excluding carboxylic acids is 3. The van der Waals surface area contributed by atoms with Crippen molar-refractivity contribution in [2.24, 2.45) is 5.73 Å². The summed E-state index contributed by atoms with van der Waals surface area (Å²) in [5.41, 5.74) is 6.67. The molecule has 3 N–H and O–H groups in total. The minimum atomic E-state index is -0.927. The van der Waals surface area contributed by atoms with Crippen molar-refractivity contribution in [1.82, 2.24) is 30.6 Å². The molecule has 0 fully saturated rings. The highest BCUT2D eigenvalue weighted by molar-refractivity contribution is 6.12. The summed E-state index contributed by atoms with van der Waals surface area (Å²) in [6, 6.07) is 22.9.